The standard InChI is InChI=1S/C19H19F3N2O4/c1-11(12-6-7-12)24(10-19(20,21)22)17(26)9-28-18(27)14-8-16(25)23-15-5-3-2-4-13(14)15/h2-5,8,11-12H,6-7,9-10H2,1H3,(H,23,25). The van der Waals surface area contributed by atoms with Gasteiger partial charge in [0.05, 0.1) is 5.56 Å². The molecule has 3 rings (SSSR count). The minimum atomic E-state index is -4.55. The third-order valence-corrected chi connectivity index (χ3v) is 4.76. The zero-order chi connectivity index (χ0) is 20.5. The van der Waals surface area contributed by atoms with Gasteiger partial charge in [-0.2, -0.15) is 13.2 Å². The van der Waals surface area contributed by atoms with Crippen molar-refractivity contribution in [1.29, 1.82) is 0 Å². The van der Waals surface area contributed by atoms with Crippen LogP contribution >= 0.6 is 0 Å². The topological polar surface area (TPSA) is 79.5 Å². The van der Waals surface area contributed by atoms with E-state index in [9.17, 15) is 27.6 Å². The second-order valence-electron chi connectivity index (χ2n) is 6.88. The third kappa shape index (κ3) is 4.71. The van der Waals surface area contributed by atoms with Crippen molar-refractivity contribution >= 4 is 22.8 Å². The van der Waals surface area contributed by atoms with Crippen LogP contribution in [0.25, 0.3) is 10.9 Å². The van der Waals surface area contributed by atoms with Crippen molar-refractivity contribution in [3.63, 3.8) is 0 Å². The maximum atomic E-state index is 12.9. The molecule has 1 amide bonds. The van der Waals surface area contributed by atoms with Gasteiger partial charge in [-0.05, 0) is 31.7 Å². The molecule has 1 aliphatic carbocycles. The lowest BCUT2D eigenvalue weighted by Crippen LogP contribution is -2.47. The molecule has 9 heteroatoms. The number of H-pyrrole nitrogens is 1. The molecule has 1 atom stereocenters. The zero-order valence-electron chi connectivity index (χ0n) is 15.1. The fourth-order valence-electron chi connectivity index (χ4n) is 3.15. The smallest absolute Gasteiger partial charge is 0.406 e. The second-order valence-corrected chi connectivity index (χ2v) is 6.88. The van der Waals surface area contributed by atoms with Crippen LogP contribution in [-0.2, 0) is 9.53 Å². The molecule has 0 saturated heterocycles. The van der Waals surface area contributed by atoms with Crippen molar-refractivity contribution in [3.8, 4) is 0 Å². The summed E-state index contributed by atoms with van der Waals surface area (Å²) in [7, 11) is 0. The number of amides is 1. The number of halogens is 3. The van der Waals surface area contributed by atoms with Crippen LogP contribution < -0.4 is 5.56 Å². The van der Waals surface area contributed by atoms with Crippen LogP contribution in [0.15, 0.2) is 35.1 Å². The molecule has 0 radical (unpaired) electrons. The number of hydrogen-bond donors (Lipinski definition) is 1. The molecule has 28 heavy (non-hydrogen) atoms. The number of pyridine rings is 1. The SMILES string of the molecule is CC(C1CC1)N(CC(F)(F)F)C(=O)COC(=O)c1cc(=O)[nH]c2ccccc12. The Labute approximate surface area is 158 Å². The Morgan fingerprint density at radius 3 is 2.61 bits per heavy atom. The van der Waals surface area contributed by atoms with E-state index in [1.54, 1.807) is 31.2 Å². The van der Waals surface area contributed by atoms with Gasteiger partial charge in [-0.3, -0.25) is 9.59 Å². The fraction of sp³-hybridized carbons (Fsp3) is 0.421. The normalized spacial score (nSPS) is 15.3. The Kier molecular flexibility index (Phi) is 5.44. The predicted octanol–water partition coefficient (Wildman–Crippen LogP) is 2.87. The van der Waals surface area contributed by atoms with Gasteiger partial charge in [-0.15, -0.1) is 0 Å². The van der Waals surface area contributed by atoms with Crippen molar-refractivity contribution in [2.45, 2.75) is 32.0 Å². The lowest BCUT2D eigenvalue weighted by atomic mass is 10.1. The van der Waals surface area contributed by atoms with E-state index < -0.39 is 42.8 Å². The maximum Gasteiger partial charge on any atom is 0.406 e. The molecular weight excluding hydrogens is 377 g/mol. The summed E-state index contributed by atoms with van der Waals surface area (Å²) in [6, 6.07) is 6.97. The molecule has 2 aromatic rings. The number of carbonyl (C=O) groups excluding carboxylic acids is 2. The summed E-state index contributed by atoms with van der Waals surface area (Å²) in [6.45, 7) is -0.657. The first-order valence-corrected chi connectivity index (χ1v) is 8.81. The number of alkyl halides is 3. The molecule has 0 bridgehead atoms. The van der Waals surface area contributed by atoms with Gasteiger partial charge in [0.2, 0.25) is 5.56 Å². The van der Waals surface area contributed by atoms with Crippen molar-refractivity contribution in [2.75, 3.05) is 13.2 Å². The summed E-state index contributed by atoms with van der Waals surface area (Å²) in [5.74, 6) is -1.83. The molecule has 1 aliphatic rings. The number of fused-ring (bicyclic) bond motifs is 1. The van der Waals surface area contributed by atoms with Gasteiger partial charge in [0.25, 0.3) is 5.91 Å². The maximum absolute atomic E-state index is 12.9. The van der Waals surface area contributed by atoms with Gasteiger partial charge >= 0.3 is 12.1 Å². The highest BCUT2D eigenvalue weighted by Crippen LogP contribution is 2.36. The van der Waals surface area contributed by atoms with E-state index in [1.165, 1.54) is 0 Å². The Hall–Kier alpha value is -2.84. The molecular formula is C19H19F3N2O4. The quantitative estimate of drug-likeness (QED) is 0.762. The molecule has 1 aromatic carbocycles. The van der Waals surface area contributed by atoms with Crippen molar-refractivity contribution in [2.24, 2.45) is 5.92 Å². The van der Waals surface area contributed by atoms with Gasteiger partial charge in [-0.25, -0.2) is 4.79 Å². The zero-order valence-corrected chi connectivity index (χ0v) is 15.1. The van der Waals surface area contributed by atoms with Crippen LogP contribution in [0.3, 0.4) is 0 Å². The number of nitrogens with one attached hydrogen (secondary N) is 1. The lowest BCUT2D eigenvalue weighted by Gasteiger charge is -2.30. The molecule has 1 heterocycles. The van der Waals surface area contributed by atoms with Crippen molar-refractivity contribution < 1.29 is 27.5 Å². The number of aromatic nitrogens is 1. The van der Waals surface area contributed by atoms with Crippen molar-refractivity contribution in [3.05, 3.63) is 46.2 Å². The van der Waals surface area contributed by atoms with Crippen LogP contribution in [-0.4, -0.2) is 47.1 Å². The van der Waals surface area contributed by atoms with Gasteiger partial charge in [0.1, 0.15) is 6.54 Å². The first kappa shape index (κ1) is 19.9. The number of aromatic amines is 1. The van der Waals surface area contributed by atoms with E-state index in [4.69, 9.17) is 4.74 Å². The number of para-hydroxylation sites is 1. The molecule has 1 aromatic heterocycles. The Balaban J connectivity index is 1.74. The molecule has 1 unspecified atom stereocenters. The number of ether oxygens (including phenoxy) is 1. The van der Waals surface area contributed by atoms with Crippen LogP contribution in [0, 0.1) is 5.92 Å². The number of esters is 1. The summed E-state index contributed by atoms with van der Waals surface area (Å²) >= 11 is 0. The van der Waals surface area contributed by atoms with E-state index in [0.717, 1.165) is 18.9 Å². The second kappa shape index (κ2) is 7.65. The van der Waals surface area contributed by atoms with E-state index in [1.807, 2.05) is 0 Å². The summed E-state index contributed by atoms with van der Waals surface area (Å²) in [5, 5.41) is 0.415. The van der Waals surface area contributed by atoms with Crippen LogP contribution in [0.4, 0.5) is 13.2 Å². The summed E-state index contributed by atoms with van der Waals surface area (Å²) in [5.41, 5.74) is -0.169. The highest BCUT2D eigenvalue weighted by atomic mass is 19.4. The van der Waals surface area contributed by atoms with E-state index >= 15 is 0 Å². The van der Waals surface area contributed by atoms with E-state index in [2.05, 4.69) is 4.98 Å². The molecule has 6 nitrogen and oxygen atoms in total. The van der Waals surface area contributed by atoms with Gasteiger partial charge in [0, 0.05) is 23.0 Å². The van der Waals surface area contributed by atoms with Gasteiger partial charge in [0.15, 0.2) is 6.61 Å². The first-order chi connectivity index (χ1) is 13.2. The van der Waals surface area contributed by atoms with Crippen molar-refractivity contribution in [1.82, 2.24) is 9.88 Å². The first-order valence-electron chi connectivity index (χ1n) is 8.81. The molecule has 0 spiro atoms. The Morgan fingerprint density at radius 2 is 1.96 bits per heavy atom. The largest absolute Gasteiger partial charge is 0.452 e. The molecule has 1 saturated carbocycles. The lowest BCUT2D eigenvalue weighted by molar-refractivity contribution is -0.167. The highest BCUT2D eigenvalue weighted by Gasteiger charge is 2.40. The summed E-state index contributed by atoms with van der Waals surface area (Å²) < 4.78 is 43.5. The molecule has 1 N–H and O–H groups in total. The Bertz CT molecular complexity index is 950. The third-order valence-electron chi connectivity index (χ3n) is 4.76. The number of rotatable bonds is 6. The summed E-state index contributed by atoms with van der Waals surface area (Å²) in [4.78, 5) is 39.7. The number of carbonyl (C=O) groups is 2. The minimum Gasteiger partial charge on any atom is -0.452 e. The van der Waals surface area contributed by atoms with Crippen LogP contribution in [0.1, 0.15) is 30.1 Å². The van der Waals surface area contributed by atoms with E-state index in [0.29, 0.717) is 15.8 Å². The van der Waals surface area contributed by atoms with Gasteiger partial charge in [-0.1, -0.05) is 18.2 Å². The molecule has 1 fully saturated rings. The molecule has 150 valence electrons. The predicted molar refractivity (Wildman–Crippen MR) is 94.8 cm³/mol. The number of hydrogen-bond acceptors (Lipinski definition) is 4. The Morgan fingerprint density at radius 1 is 1.29 bits per heavy atom. The summed E-state index contributed by atoms with van der Waals surface area (Å²) in [6.07, 6.45) is -3.02. The van der Waals surface area contributed by atoms with Crippen LogP contribution in [0.2, 0.25) is 0 Å². The van der Waals surface area contributed by atoms with E-state index in [-0.39, 0.29) is 11.5 Å². The minimum absolute atomic E-state index is 0.0265. The van der Waals surface area contributed by atoms with Crippen LogP contribution in [0.5, 0.6) is 0 Å². The van der Waals surface area contributed by atoms with Gasteiger partial charge < -0.3 is 14.6 Å². The number of nitrogens with zero attached hydrogens (tertiary/aromatic N) is 1. The number of benzene rings is 1. The average molecular weight is 396 g/mol. The monoisotopic (exact) mass is 396 g/mol. The average Bonchev–Trinajstić information content (AvgIpc) is 3.47. The fourth-order valence-corrected chi connectivity index (χ4v) is 3.15. The highest BCUT2D eigenvalue weighted by molar-refractivity contribution is 6.03. The molecule has 0 aliphatic heterocycles.